The summed E-state index contributed by atoms with van der Waals surface area (Å²) >= 11 is 4.26. The Hall–Kier alpha value is -0.180. The topological polar surface area (TPSA) is 20.3 Å². The van der Waals surface area contributed by atoms with E-state index in [9.17, 15) is 4.79 Å². The Bertz CT molecular complexity index is 224. The molecule has 1 aliphatic heterocycles. The molecule has 0 aromatic heterocycles. The lowest BCUT2D eigenvalue weighted by Crippen LogP contribution is -2.38. The quantitative estimate of drug-likeness (QED) is 0.616. The molecule has 0 bridgehead atoms. The third kappa shape index (κ3) is 1.92. The first-order chi connectivity index (χ1) is 6.17. The molecule has 3 heteroatoms. The van der Waals surface area contributed by atoms with E-state index in [4.69, 9.17) is 0 Å². The number of carbonyl (C=O) groups is 1. The predicted octanol–water partition coefficient (Wildman–Crippen LogP) is 2.75. The fourth-order valence-electron chi connectivity index (χ4n) is 2.05. The summed E-state index contributed by atoms with van der Waals surface area (Å²) in [4.78, 5) is 11.8. The van der Waals surface area contributed by atoms with E-state index >= 15 is 0 Å². The monoisotopic (exact) mass is 215 g/mol. The molecule has 0 radical (unpaired) electrons. The molecule has 1 rings (SSSR count). The second-order valence-electron chi connectivity index (χ2n) is 5.77. The van der Waals surface area contributed by atoms with Gasteiger partial charge in [0.25, 0.3) is 0 Å². The van der Waals surface area contributed by atoms with Crippen molar-refractivity contribution in [1.29, 1.82) is 0 Å². The Kier molecular flexibility index (Phi) is 2.92. The zero-order valence-electron chi connectivity index (χ0n) is 9.79. The van der Waals surface area contributed by atoms with Gasteiger partial charge in [-0.3, -0.25) is 9.10 Å². The Morgan fingerprint density at radius 1 is 1.29 bits per heavy atom. The molecule has 14 heavy (non-hydrogen) atoms. The molecule has 1 unspecified atom stereocenters. The molecule has 0 saturated carbocycles. The molecule has 0 aromatic rings. The molecule has 0 N–H and O–H groups in total. The fourth-order valence-corrected chi connectivity index (χ4v) is 2.60. The third-order valence-electron chi connectivity index (χ3n) is 3.87. The van der Waals surface area contributed by atoms with Crippen molar-refractivity contribution in [1.82, 2.24) is 4.31 Å². The van der Waals surface area contributed by atoms with Gasteiger partial charge in [0.15, 0.2) is 0 Å². The standard InChI is InChI=1S/C11H21NOS/c1-8-6-10(2,3)11(4,5)7-12(14)9(8)13/h8,14H,6-7H2,1-5H3. The maximum Gasteiger partial charge on any atom is 0.235 e. The van der Waals surface area contributed by atoms with Gasteiger partial charge in [0.05, 0.1) is 0 Å². The summed E-state index contributed by atoms with van der Waals surface area (Å²) in [6.45, 7) is 11.6. The minimum Gasteiger partial charge on any atom is -0.288 e. The van der Waals surface area contributed by atoms with Crippen LogP contribution < -0.4 is 0 Å². The minimum absolute atomic E-state index is 0.0873. The Morgan fingerprint density at radius 2 is 1.79 bits per heavy atom. The maximum atomic E-state index is 11.8. The highest BCUT2D eigenvalue weighted by Crippen LogP contribution is 2.46. The number of hydrogen-bond donors (Lipinski definition) is 1. The lowest BCUT2D eigenvalue weighted by Gasteiger charge is -2.41. The molecule has 1 atom stereocenters. The first-order valence-electron chi connectivity index (χ1n) is 5.18. The van der Waals surface area contributed by atoms with Crippen molar-refractivity contribution in [2.75, 3.05) is 6.54 Å². The van der Waals surface area contributed by atoms with Crippen LogP contribution in [0.5, 0.6) is 0 Å². The molecule has 2 nitrogen and oxygen atoms in total. The molecule has 82 valence electrons. The molecule has 0 spiro atoms. The van der Waals surface area contributed by atoms with Crippen LogP contribution in [0.3, 0.4) is 0 Å². The van der Waals surface area contributed by atoms with Crippen molar-refractivity contribution < 1.29 is 4.79 Å². The van der Waals surface area contributed by atoms with Crippen LogP contribution in [0.15, 0.2) is 0 Å². The minimum atomic E-state index is 0.0873. The first-order valence-corrected chi connectivity index (χ1v) is 5.58. The maximum absolute atomic E-state index is 11.8. The van der Waals surface area contributed by atoms with Crippen LogP contribution >= 0.6 is 12.8 Å². The first kappa shape index (κ1) is 11.9. The van der Waals surface area contributed by atoms with Crippen LogP contribution in [0, 0.1) is 16.7 Å². The largest absolute Gasteiger partial charge is 0.288 e. The summed E-state index contributed by atoms with van der Waals surface area (Å²) in [6, 6.07) is 0. The average molecular weight is 215 g/mol. The van der Waals surface area contributed by atoms with Crippen LogP contribution in [-0.4, -0.2) is 16.8 Å². The van der Waals surface area contributed by atoms with Crippen LogP contribution in [0.4, 0.5) is 0 Å². The number of thiol groups is 1. The molecule has 0 aliphatic carbocycles. The van der Waals surface area contributed by atoms with Gasteiger partial charge in [0.1, 0.15) is 0 Å². The molecular formula is C11H21NOS. The van der Waals surface area contributed by atoms with E-state index in [0.29, 0.717) is 0 Å². The SMILES string of the molecule is CC1CC(C)(C)C(C)(C)CN(S)C1=O. The number of nitrogens with zero attached hydrogens (tertiary/aromatic N) is 1. The zero-order chi connectivity index (χ0) is 11.1. The van der Waals surface area contributed by atoms with Gasteiger partial charge >= 0.3 is 0 Å². The van der Waals surface area contributed by atoms with Crippen molar-refractivity contribution >= 4 is 18.7 Å². The van der Waals surface area contributed by atoms with Crippen LogP contribution in [-0.2, 0) is 4.79 Å². The van der Waals surface area contributed by atoms with Crippen molar-refractivity contribution in [2.24, 2.45) is 16.7 Å². The Balaban J connectivity index is 3.01. The van der Waals surface area contributed by atoms with Gasteiger partial charge in [0.2, 0.25) is 5.91 Å². The summed E-state index contributed by atoms with van der Waals surface area (Å²) < 4.78 is 1.58. The highest BCUT2D eigenvalue weighted by molar-refractivity contribution is 7.78. The van der Waals surface area contributed by atoms with Crippen LogP contribution in [0.2, 0.25) is 0 Å². The van der Waals surface area contributed by atoms with E-state index < -0.39 is 0 Å². The van der Waals surface area contributed by atoms with E-state index in [0.717, 1.165) is 13.0 Å². The van der Waals surface area contributed by atoms with E-state index in [1.807, 2.05) is 6.92 Å². The van der Waals surface area contributed by atoms with Gasteiger partial charge in [-0.25, -0.2) is 0 Å². The highest BCUT2D eigenvalue weighted by atomic mass is 32.1. The summed E-state index contributed by atoms with van der Waals surface area (Å²) in [5.74, 6) is 0.247. The van der Waals surface area contributed by atoms with Gasteiger partial charge in [0, 0.05) is 12.5 Å². The smallest absolute Gasteiger partial charge is 0.235 e. The normalized spacial score (nSPS) is 31.4. The summed E-state index contributed by atoms with van der Waals surface area (Å²) in [5.41, 5.74) is 0.300. The molecule has 1 heterocycles. The van der Waals surface area contributed by atoms with Gasteiger partial charge in [-0.05, 0) is 17.3 Å². The van der Waals surface area contributed by atoms with E-state index in [2.05, 4.69) is 40.5 Å². The lowest BCUT2D eigenvalue weighted by atomic mass is 9.65. The Morgan fingerprint density at radius 3 is 2.29 bits per heavy atom. The fraction of sp³-hybridized carbons (Fsp3) is 0.909. The lowest BCUT2D eigenvalue weighted by molar-refractivity contribution is -0.129. The molecule has 1 amide bonds. The van der Waals surface area contributed by atoms with Gasteiger partial charge in [-0.15, -0.1) is 0 Å². The molecule has 1 saturated heterocycles. The van der Waals surface area contributed by atoms with Gasteiger partial charge < -0.3 is 0 Å². The van der Waals surface area contributed by atoms with Crippen molar-refractivity contribution in [3.05, 3.63) is 0 Å². The van der Waals surface area contributed by atoms with Gasteiger partial charge in [-0.1, -0.05) is 47.4 Å². The van der Waals surface area contributed by atoms with Crippen LogP contribution in [0.25, 0.3) is 0 Å². The van der Waals surface area contributed by atoms with Crippen molar-refractivity contribution in [3.63, 3.8) is 0 Å². The average Bonchev–Trinajstić information content (AvgIpc) is 2.03. The summed E-state index contributed by atoms with van der Waals surface area (Å²) in [5, 5.41) is 0. The number of amides is 1. The highest BCUT2D eigenvalue weighted by Gasteiger charge is 2.44. The van der Waals surface area contributed by atoms with E-state index in [1.165, 1.54) is 0 Å². The molecule has 1 aliphatic rings. The van der Waals surface area contributed by atoms with Crippen molar-refractivity contribution in [2.45, 2.75) is 41.0 Å². The van der Waals surface area contributed by atoms with Crippen LogP contribution in [0.1, 0.15) is 41.0 Å². The predicted molar refractivity (Wildman–Crippen MR) is 62.0 cm³/mol. The summed E-state index contributed by atoms with van der Waals surface area (Å²) in [6.07, 6.45) is 0.940. The van der Waals surface area contributed by atoms with Gasteiger partial charge in [-0.2, -0.15) is 0 Å². The number of hydrogen-bond acceptors (Lipinski definition) is 2. The Labute approximate surface area is 92.6 Å². The molecular weight excluding hydrogens is 194 g/mol. The third-order valence-corrected chi connectivity index (χ3v) is 4.21. The molecule has 1 fully saturated rings. The number of rotatable bonds is 0. The van der Waals surface area contributed by atoms with E-state index in [1.54, 1.807) is 4.31 Å². The van der Waals surface area contributed by atoms with E-state index in [-0.39, 0.29) is 22.7 Å². The zero-order valence-corrected chi connectivity index (χ0v) is 10.7. The second-order valence-corrected chi connectivity index (χ2v) is 6.25. The second kappa shape index (κ2) is 3.44. The van der Waals surface area contributed by atoms with Crippen molar-refractivity contribution in [3.8, 4) is 0 Å². The number of carbonyl (C=O) groups excluding carboxylic acids is 1. The molecule has 0 aromatic carbocycles. The summed E-state index contributed by atoms with van der Waals surface area (Å²) in [7, 11) is 0.